The Bertz CT molecular complexity index is 1390. The molecule has 1 aliphatic rings. The minimum Gasteiger partial charge on any atom is -0.468 e. The molecule has 0 atom stereocenters. The van der Waals surface area contributed by atoms with Gasteiger partial charge >= 0.3 is 11.9 Å². The number of carbonyl (C=O) groups excluding carboxylic acids is 4. The van der Waals surface area contributed by atoms with Gasteiger partial charge in [0.05, 0.1) is 41.0 Å². The molecule has 2 heterocycles. The molecular formula is C25H25N3O6S2. The summed E-state index contributed by atoms with van der Waals surface area (Å²) in [6.07, 6.45) is 0.824. The van der Waals surface area contributed by atoms with Crippen molar-refractivity contribution in [2.75, 3.05) is 36.7 Å². The summed E-state index contributed by atoms with van der Waals surface area (Å²) < 4.78 is 12.1. The summed E-state index contributed by atoms with van der Waals surface area (Å²) in [7, 11) is 1.28. The number of methoxy groups -OCH3 is 1. The number of hydrogen-bond acceptors (Lipinski definition) is 8. The van der Waals surface area contributed by atoms with Crippen molar-refractivity contribution >= 4 is 62.8 Å². The van der Waals surface area contributed by atoms with Gasteiger partial charge in [0, 0.05) is 12.2 Å². The molecule has 9 nitrogen and oxygen atoms in total. The quantitative estimate of drug-likeness (QED) is 0.415. The van der Waals surface area contributed by atoms with Crippen LogP contribution in [0.3, 0.4) is 0 Å². The topological polar surface area (TPSA) is 107 Å². The number of esters is 2. The number of rotatable bonds is 8. The van der Waals surface area contributed by atoms with Crippen LogP contribution in [0.25, 0.3) is 10.2 Å². The van der Waals surface area contributed by atoms with Gasteiger partial charge in [0.2, 0.25) is 5.91 Å². The molecule has 0 bridgehead atoms. The lowest BCUT2D eigenvalue weighted by molar-refractivity contribution is -0.141. The molecular weight excluding hydrogens is 502 g/mol. The number of thioether (sulfide) groups is 1. The lowest BCUT2D eigenvalue weighted by Crippen LogP contribution is -2.30. The normalized spacial score (nSPS) is 13.1. The number of hydrogen-bond donors (Lipinski definition) is 0. The third-order valence-corrected chi connectivity index (χ3v) is 7.51. The molecule has 0 saturated carbocycles. The highest BCUT2D eigenvalue weighted by molar-refractivity contribution is 8.00. The standard InChI is InChI=1S/C25H25N3O6S2/c1-3-34-24(32)17-8-9-19-20(12-17)36-25(28(19)13-23(31)33-2)26-21(29)14-35-15-22(30)27-11-10-16-6-4-5-7-18(16)27/h4-9,12H,3,10-11,13-15H2,1-2H3. The number of anilines is 1. The summed E-state index contributed by atoms with van der Waals surface area (Å²) in [5.41, 5.74) is 3.08. The summed E-state index contributed by atoms with van der Waals surface area (Å²) in [6.45, 7) is 2.48. The third kappa shape index (κ3) is 5.68. The molecule has 0 saturated heterocycles. The van der Waals surface area contributed by atoms with Crippen LogP contribution in [0, 0.1) is 0 Å². The van der Waals surface area contributed by atoms with Crippen molar-refractivity contribution in [2.45, 2.75) is 19.9 Å². The Morgan fingerprint density at radius 2 is 1.92 bits per heavy atom. The average Bonchev–Trinajstić information content (AvgIpc) is 3.45. The number of para-hydroxylation sites is 1. The van der Waals surface area contributed by atoms with Gasteiger partial charge in [-0.3, -0.25) is 14.4 Å². The van der Waals surface area contributed by atoms with Crippen molar-refractivity contribution in [3.8, 4) is 0 Å². The first-order chi connectivity index (χ1) is 17.4. The molecule has 0 radical (unpaired) electrons. The van der Waals surface area contributed by atoms with Gasteiger partial charge in [-0.25, -0.2) is 4.79 Å². The van der Waals surface area contributed by atoms with E-state index in [9.17, 15) is 19.2 Å². The zero-order valence-electron chi connectivity index (χ0n) is 19.9. The Morgan fingerprint density at radius 1 is 1.11 bits per heavy atom. The van der Waals surface area contributed by atoms with E-state index in [4.69, 9.17) is 9.47 Å². The minimum atomic E-state index is -0.496. The first-order valence-electron chi connectivity index (χ1n) is 11.3. The molecule has 3 aromatic rings. The highest BCUT2D eigenvalue weighted by atomic mass is 32.2. The van der Waals surface area contributed by atoms with Crippen LogP contribution in [0.15, 0.2) is 47.5 Å². The first-order valence-corrected chi connectivity index (χ1v) is 13.3. The Hall–Kier alpha value is -3.44. The van der Waals surface area contributed by atoms with E-state index >= 15 is 0 Å². The maximum atomic E-state index is 12.7. The van der Waals surface area contributed by atoms with Crippen LogP contribution in [-0.2, 0) is 36.8 Å². The van der Waals surface area contributed by atoms with Crippen LogP contribution in [0.4, 0.5) is 5.69 Å². The van der Waals surface area contributed by atoms with E-state index in [2.05, 4.69) is 4.99 Å². The molecule has 0 fully saturated rings. The van der Waals surface area contributed by atoms with Crippen molar-refractivity contribution in [3.63, 3.8) is 0 Å². The fraction of sp³-hybridized carbons (Fsp3) is 0.320. The molecule has 0 unspecified atom stereocenters. The second kappa shape index (κ2) is 11.5. The van der Waals surface area contributed by atoms with Gasteiger partial charge in [0.25, 0.3) is 5.91 Å². The maximum Gasteiger partial charge on any atom is 0.338 e. The fourth-order valence-electron chi connectivity index (χ4n) is 3.89. The minimum absolute atomic E-state index is 0.0156. The van der Waals surface area contributed by atoms with Crippen LogP contribution >= 0.6 is 23.1 Å². The van der Waals surface area contributed by atoms with Crippen molar-refractivity contribution in [1.29, 1.82) is 0 Å². The predicted molar refractivity (Wildman–Crippen MR) is 138 cm³/mol. The SMILES string of the molecule is CCOC(=O)c1ccc2c(c1)sc(=NC(=O)CSCC(=O)N1CCc3ccccc31)n2CC(=O)OC. The van der Waals surface area contributed by atoms with Crippen LogP contribution < -0.4 is 9.70 Å². The Morgan fingerprint density at radius 3 is 2.69 bits per heavy atom. The summed E-state index contributed by atoms with van der Waals surface area (Å²) in [4.78, 5) is 55.7. The van der Waals surface area contributed by atoms with E-state index in [1.54, 1.807) is 34.6 Å². The number of aromatic nitrogens is 1. The monoisotopic (exact) mass is 527 g/mol. The number of benzene rings is 2. The van der Waals surface area contributed by atoms with Gasteiger partial charge in [-0.2, -0.15) is 4.99 Å². The molecule has 2 aromatic carbocycles. The molecule has 1 aromatic heterocycles. The predicted octanol–water partition coefficient (Wildman–Crippen LogP) is 2.80. The summed E-state index contributed by atoms with van der Waals surface area (Å²) in [5, 5.41) is 0. The molecule has 0 aliphatic carbocycles. The number of fused-ring (bicyclic) bond motifs is 2. The van der Waals surface area contributed by atoms with Gasteiger partial charge in [-0.15, -0.1) is 11.8 Å². The van der Waals surface area contributed by atoms with E-state index < -0.39 is 17.8 Å². The average molecular weight is 528 g/mol. The molecule has 4 rings (SSSR count). The Labute approximate surface area is 215 Å². The second-order valence-electron chi connectivity index (χ2n) is 7.87. The van der Waals surface area contributed by atoms with E-state index in [-0.39, 0.29) is 30.6 Å². The molecule has 36 heavy (non-hydrogen) atoms. The zero-order valence-corrected chi connectivity index (χ0v) is 21.5. The van der Waals surface area contributed by atoms with Gasteiger partial charge < -0.3 is 18.9 Å². The zero-order chi connectivity index (χ0) is 25.7. The van der Waals surface area contributed by atoms with Gasteiger partial charge in [0.15, 0.2) is 4.80 Å². The smallest absolute Gasteiger partial charge is 0.338 e. The number of amides is 2. The maximum absolute atomic E-state index is 12.7. The van der Waals surface area contributed by atoms with Crippen LogP contribution in [0.1, 0.15) is 22.8 Å². The van der Waals surface area contributed by atoms with Crippen LogP contribution in [-0.4, -0.2) is 60.1 Å². The van der Waals surface area contributed by atoms with Crippen LogP contribution in [0.2, 0.25) is 0 Å². The van der Waals surface area contributed by atoms with Gasteiger partial charge in [-0.1, -0.05) is 29.5 Å². The fourth-order valence-corrected chi connectivity index (χ4v) is 5.64. The Kier molecular flexibility index (Phi) is 8.21. The van der Waals surface area contributed by atoms with Crippen molar-refractivity contribution < 1.29 is 28.7 Å². The number of thiazole rings is 1. The van der Waals surface area contributed by atoms with E-state index in [0.717, 1.165) is 17.7 Å². The van der Waals surface area contributed by atoms with Gasteiger partial charge in [-0.05, 0) is 43.2 Å². The van der Waals surface area contributed by atoms with E-state index in [1.807, 2.05) is 24.3 Å². The number of ether oxygens (including phenoxy) is 2. The molecule has 0 N–H and O–H groups in total. The number of nitrogens with zero attached hydrogens (tertiary/aromatic N) is 3. The van der Waals surface area contributed by atoms with Crippen molar-refractivity contribution in [2.24, 2.45) is 4.99 Å². The highest BCUT2D eigenvalue weighted by Gasteiger charge is 2.24. The third-order valence-electron chi connectivity index (χ3n) is 5.57. The number of carbonyl (C=O) groups is 4. The first kappa shape index (κ1) is 25.6. The molecule has 188 valence electrons. The largest absolute Gasteiger partial charge is 0.468 e. The van der Waals surface area contributed by atoms with E-state index in [0.29, 0.717) is 27.1 Å². The molecule has 1 aliphatic heterocycles. The summed E-state index contributed by atoms with van der Waals surface area (Å²) in [6, 6.07) is 12.7. The molecule has 2 amide bonds. The summed E-state index contributed by atoms with van der Waals surface area (Å²) >= 11 is 2.38. The molecule has 11 heteroatoms. The Balaban J connectivity index is 1.49. The van der Waals surface area contributed by atoms with E-state index in [1.165, 1.54) is 30.2 Å². The lowest BCUT2D eigenvalue weighted by atomic mass is 10.2. The summed E-state index contributed by atoms with van der Waals surface area (Å²) in [5.74, 6) is -1.25. The van der Waals surface area contributed by atoms with Crippen LogP contribution in [0.5, 0.6) is 0 Å². The van der Waals surface area contributed by atoms with Crippen molar-refractivity contribution in [1.82, 2.24) is 4.57 Å². The second-order valence-corrected chi connectivity index (χ2v) is 9.87. The lowest BCUT2D eigenvalue weighted by Gasteiger charge is -2.16. The molecule has 0 spiro atoms. The van der Waals surface area contributed by atoms with Gasteiger partial charge in [0.1, 0.15) is 6.54 Å². The highest BCUT2D eigenvalue weighted by Crippen LogP contribution is 2.28. The van der Waals surface area contributed by atoms with Crippen molar-refractivity contribution in [3.05, 3.63) is 58.4 Å².